The summed E-state index contributed by atoms with van der Waals surface area (Å²) >= 11 is 0. The van der Waals surface area contributed by atoms with Gasteiger partial charge in [-0.2, -0.15) is 0 Å². The van der Waals surface area contributed by atoms with Crippen molar-refractivity contribution in [3.8, 4) is 0 Å². The number of nitrogens with one attached hydrogen (secondary N) is 1. The first-order valence-electron chi connectivity index (χ1n) is 12.0. The highest BCUT2D eigenvalue weighted by Gasteiger charge is 1.99. The molecule has 0 spiro atoms. The van der Waals surface area contributed by atoms with Crippen LogP contribution in [-0.2, 0) is 0 Å². The van der Waals surface area contributed by atoms with Gasteiger partial charge >= 0.3 is 0 Å². The molecule has 1 heteroatoms. The molecule has 25 heavy (non-hydrogen) atoms. The van der Waals surface area contributed by atoms with E-state index in [1.165, 1.54) is 129 Å². The van der Waals surface area contributed by atoms with Gasteiger partial charge in [0.2, 0.25) is 0 Å². The molecule has 0 bridgehead atoms. The quantitative estimate of drug-likeness (QED) is 0.204. The van der Waals surface area contributed by atoms with Crippen molar-refractivity contribution >= 4 is 0 Å². The van der Waals surface area contributed by atoms with E-state index < -0.39 is 0 Å². The van der Waals surface area contributed by atoms with Gasteiger partial charge < -0.3 is 5.32 Å². The van der Waals surface area contributed by atoms with Gasteiger partial charge in [0.05, 0.1) is 0 Å². The Morgan fingerprint density at radius 1 is 0.480 bits per heavy atom. The van der Waals surface area contributed by atoms with E-state index in [0.29, 0.717) is 0 Å². The van der Waals surface area contributed by atoms with Crippen molar-refractivity contribution in [3.05, 3.63) is 0 Å². The van der Waals surface area contributed by atoms with Crippen molar-refractivity contribution in [2.45, 2.75) is 149 Å². The van der Waals surface area contributed by atoms with Gasteiger partial charge in [-0.1, -0.05) is 123 Å². The SMILES string of the molecule is CCCCCCCCCCCCCCCCCCCC(C)NCCC. The van der Waals surface area contributed by atoms with Gasteiger partial charge in [-0.25, -0.2) is 0 Å². The normalized spacial score (nSPS) is 12.6. The molecule has 0 aromatic rings. The number of rotatable bonds is 21. The Labute approximate surface area is 161 Å². The molecule has 0 heterocycles. The minimum Gasteiger partial charge on any atom is -0.314 e. The smallest absolute Gasteiger partial charge is 0.00387 e. The lowest BCUT2D eigenvalue weighted by atomic mass is 10.0. The van der Waals surface area contributed by atoms with E-state index in [1.54, 1.807) is 0 Å². The van der Waals surface area contributed by atoms with Crippen LogP contribution >= 0.6 is 0 Å². The molecular formula is C24H51N. The minimum absolute atomic E-state index is 0.719. The Bertz CT molecular complexity index is 226. The third kappa shape index (κ3) is 21.9. The molecule has 0 aromatic heterocycles. The molecule has 0 amide bonds. The standard InChI is InChI=1S/C24H51N/c1-4-6-7-8-9-10-11-12-13-14-15-16-17-18-19-20-21-22-24(3)25-23-5-2/h24-25H,4-23H2,1-3H3. The van der Waals surface area contributed by atoms with Crippen LogP contribution in [-0.4, -0.2) is 12.6 Å². The molecule has 0 rings (SSSR count). The number of hydrogen-bond acceptors (Lipinski definition) is 1. The summed E-state index contributed by atoms with van der Waals surface area (Å²) in [6, 6.07) is 0.719. The second-order valence-electron chi connectivity index (χ2n) is 8.30. The molecule has 0 aliphatic heterocycles. The van der Waals surface area contributed by atoms with Crippen molar-refractivity contribution in [2.24, 2.45) is 0 Å². The maximum absolute atomic E-state index is 3.59. The van der Waals surface area contributed by atoms with Crippen molar-refractivity contribution in [1.82, 2.24) is 5.32 Å². The lowest BCUT2D eigenvalue weighted by Gasteiger charge is -2.12. The number of hydrogen-bond donors (Lipinski definition) is 1. The first-order valence-corrected chi connectivity index (χ1v) is 12.0. The van der Waals surface area contributed by atoms with E-state index in [1.807, 2.05) is 0 Å². The van der Waals surface area contributed by atoms with Crippen molar-refractivity contribution < 1.29 is 0 Å². The van der Waals surface area contributed by atoms with Gasteiger partial charge in [0.15, 0.2) is 0 Å². The van der Waals surface area contributed by atoms with Crippen LogP contribution in [0.4, 0.5) is 0 Å². The van der Waals surface area contributed by atoms with Crippen LogP contribution in [0.1, 0.15) is 143 Å². The van der Waals surface area contributed by atoms with E-state index in [2.05, 4.69) is 26.1 Å². The molecule has 0 aliphatic rings. The lowest BCUT2D eigenvalue weighted by Crippen LogP contribution is -2.26. The fraction of sp³-hybridized carbons (Fsp3) is 1.00. The molecule has 0 aromatic carbocycles. The first-order chi connectivity index (χ1) is 12.3. The molecule has 0 saturated heterocycles. The van der Waals surface area contributed by atoms with E-state index in [9.17, 15) is 0 Å². The highest BCUT2D eigenvalue weighted by molar-refractivity contribution is 4.60. The zero-order valence-corrected chi connectivity index (χ0v) is 18.2. The molecule has 1 nitrogen and oxygen atoms in total. The maximum Gasteiger partial charge on any atom is 0.00387 e. The predicted molar refractivity (Wildman–Crippen MR) is 117 cm³/mol. The maximum atomic E-state index is 3.59. The molecule has 1 atom stereocenters. The van der Waals surface area contributed by atoms with Crippen LogP contribution < -0.4 is 5.32 Å². The third-order valence-corrected chi connectivity index (χ3v) is 5.48. The average molecular weight is 354 g/mol. The van der Waals surface area contributed by atoms with Crippen LogP contribution in [0.5, 0.6) is 0 Å². The Hall–Kier alpha value is -0.0400. The molecule has 0 radical (unpaired) electrons. The second kappa shape index (κ2) is 22.0. The van der Waals surface area contributed by atoms with Gasteiger partial charge in [-0.05, 0) is 26.3 Å². The summed E-state index contributed by atoms with van der Waals surface area (Å²) in [5.74, 6) is 0. The summed E-state index contributed by atoms with van der Waals surface area (Å²) in [5, 5.41) is 3.59. The largest absolute Gasteiger partial charge is 0.314 e. The highest BCUT2D eigenvalue weighted by Crippen LogP contribution is 2.14. The second-order valence-corrected chi connectivity index (χ2v) is 8.30. The van der Waals surface area contributed by atoms with Crippen LogP contribution in [0, 0.1) is 0 Å². The van der Waals surface area contributed by atoms with Crippen LogP contribution in [0.3, 0.4) is 0 Å². The predicted octanol–water partition coefficient (Wildman–Crippen LogP) is 8.42. The molecule has 1 unspecified atom stereocenters. The van der Waals surface area contributed by atoms with Gasteiger partial charge in [0.25, 0.3) is 0 Å². The van der Waals surface area contributed by atoms with Gasteiger partial charge in [-0.15, -0.1) is 0 Å². The fourth-order valence-corrected chi connectivity index (χ4v) is 3.67. The summed E-state index contributed by atoms with van der Waals surface area (Å²) in [6.07, 6.45) is 27.5. The summed E-state index contributed by atoms with van der Waals surface area (Å²) in [7, 11) is 0. The first kappa shape index (κ1) is 25.0. The molecule has 0 aliphatic carbocycles. The topological polar surface area (TPSA) is 12.0 Å². The van der Waals surface area contributed by atoms with Crippen LogP contribution in [0.15, 0.2) is 0 Å². The minimum atomic E-state index is 0.719. The Morgan fingerprint density at radius 2 is 0.840 bits per heavy atom. The summed E-state index contributed by atoms with van der Waals surface area (Å²) in [6.45, 7) is 8.06. The fourth-order valence-electron chi connectivity index (χ4n) is 3.67. The van der Waals surface area contributed by atoms with Crippen molar-refractivity contribution in [3.63, 3.8) is 0 Å². The summed E-state index contributed by atoms with van der Waals surface area (Å²) in [4.78, 5) is 0. The van der Waals surface area contributed by atoms with E-state index in [0.717, 1.165) is 6.04 Å². The zero-order valence-electron chi connectivity index (χ0n) is 18.2. The lowest BCUT2D eigenvalue weighted by molar-refractivity contribution is 0.475. The van der Waals surface area contributed by atoms with E-state index in [-0.39, 0.29) is 0 Å². The zero-order chi connectivity index (χ0) is 18.4. The van der Waals surface area contributed by atoms with Gasteiger partial charge in [-0.3, -0.25) is 0 Å². The van der Waals surface area contributed by atoms with Crippen LogP contribution in [0.2, 0.25) is 0 Å². The van der Waals surface area contributed by atoms with Gasteiger partial charge in [0.1, 0.15) is 0 Å². The summed E-state index contributed by atoms with van der Waals surface area (Å²) in [5.41, 5.74) is 0. The van der Waals surface area contributed by atoms with E-state index in [4.69, 9.17) is 0 Å². The average Bonchev–Trinajstić information content (AvgIpc) is 2.62. The molecule has 152 valence electrons. The third-order valence-electron chi connectivity index (χ3n) is 5.48. The van der Waals surface area contributed by atoms with E-state index >= 15 is 0 Å². The molecule has 0 fully saturated rings. The highest BCUT2D eigenvalue weighted by atomic mass is 14.9. The summed E-state index contributed by atoms with van der Waals surface area (Å²) < 4.78 is 0. The van der Waals surface area contributed by atoms with Gasteiger partial charge in [0, 0.05) is 6.04 Å². The van der Waals surface area contributed by atoms with Crippen molar-refractivity contribution in [2.75, 3.05) is 6.54 Å². The Morgan fingerprint density at radius 3 is 1.20 bits per heavy atom. The monoisotopic (exact) mass is 353 g/mol. The van der Waals surface area contributed by atoms with Crippen LogP contribution in [0.25, 0.3) is 0 Å². The molecular weight excluding hydrogens is 302 g/mol. The Kier molecular flexibility index (Phi) is 22.0. The molecule has 0 saturated carbocycles. The number of unbranched alkanes of at least 4 members (excludes halogenated alkanes) is 16. The Balaban J connectivity index is 3.03. The molecule has 1 N–H and O–H groups in total. The van der Waals surface area contributed by atoms with Crippen molar-refractivity contribution in [1.29, 1.82) is 0 Å².